The average Bonchev–Trinajstić information content (AvgIpc) is 2.92. The highest BCUT2D eigenvalue weighted by Gasteiger charge is 2.17. The van der Waals surface area contributed by atoms with Gasteiger partial charge in [0.2, 0.25) is 0 Å². The molecule has 2 aliphatic rings. The van der Waals surface area contributed by atoms with Crippen LogP contribution >= 0.6 is 0 Å². The normalized spacial score (nSPS) is 26.8. The standard InChI is InChI=1S/C11H18N2O/c1-9-2-3-11(10(12)8-9)14-7-6-13-4-5-13/h3,8-9H,2,4-7,12H2,1H3. The lowest BCUT2D eigenvalue weighted by atomic mass is 10.0. The van der Waals surface area contributed by atoms with E-state index in [-0.39, 0.29) is 0 Å². The first kappa shape index (κ1) is 9.59. The topological polar surface area (TPSA) is 38.3 Å². The van der Waals surface area contributed by atoms with E-state index in [1.165, 1.54) is 13.1 Å². The van der Waals surface area contributed by atoms with E-state index in [9.17, 15) is 0 Å². The molecule has 0 radical (unpaired) electrons. The molecule has 0 aromatic heterocycles. The van der Waals surface area contributed by atoms with Crippen molar-refractivity contribution in [3.05, 3.63) is 23.6 Å². The predicted octanol–water partition coefficient (Wildman–Crippen LogP) is 1.08. The van der Waals surface area contributed by atoms with Gasteiger partial charge in [0.05, 0.1) is 5.70 Å². The molecule has 0 bridgehead atoms. The monoisotopic (exact) mass is 194 g/mol. The molecule has 0 saturated carbocycles. The molecule has 1 fully saturated rings. The Labute approximate surface area is 85.2 Å². The summed E-state index contributed by atoms with van der Waals surface area (Å²) in [4.78, 5) is 2.34. The van der Waals surface area contributed by atoms with Gasteiger partial charge in [0.15, 0.2) is 0 Å². The summed E-state index contributed by atoms with van der Waals surface area (Å²) in [6, 6.07) is 0. The van der Waals surface area contributed by atoms with Crippen LogP contribution in [0.4, 0.5) is 0 Å². The molecule has 0 spiro atoms. The van der Waals surface area contributed by atoms with Gasteiger partial charge in [-0.3, -0.25) is 4.90 Å². The lowest BCUT2D eigenvalue weighted by Gasteiger charge is -2.17. The minimum atomic E-state index is 0.550. The number of hydrogen-bond acceptors (Lipinski definition) is 3. The van der Waals surface area contributed by atoms with E-state index in [1.54, 1.807) is 0 Å². The summed E-state index contributed by atoms with van der Waals surface area (Å²) in [6.45, 7) is 6.40. The third kappa shape index (κ3) is 2.51. The quantitative estimate of drug-likeness (QED) is 0.681. The van der Waals surface area contributed by atoms with Gasteiger partial charge in [0.1, 0.15) is 12.4 Å². The maximum absolute atomic E-state index is 5.86. The fraction of sp³-hybridized carbons (Fsp3) is 0.636. The van der Waals surface area contributed by atoms with Gasteiger partial charge >= 0.3 is 0 Å². The van der Waals surface area contributed by atoms with Crippen LogP contribution in [0.25, 0.3) is 0 Å². The number of allylic oxidation sites excluding steroid dienone is 2. The number of hydrogen-bond donors (Lipinski definition) is 1. The van der Waals surface area contributed by atoms with Crippen LogP contribution in [0, 0.1) is 5.92 Å². The Bertz CT molecular complexity index is 266. The van der Waals surface area contributed by atoms with Gasteiger partial charge in [-0.2, -0.15) is 0 Å². The van der Waals surface area contributed by atoms with Gasteiger partial charge in [-0.1, -0.05) is 13.0 Å². The minimum Gasteiger partial charge on any atom is -0.490 e. The Morgan fingerprint density at radius 1 is 1.57 bits per heavy atom. The second-order valence-corrected chi connectivity index (χ2v) is 4.09. The Balaban J connectivity index is 1.76. The van der Waals surface area contributed by atoms with E-state index >= 15 is 0 Å². The van der Waals surface area contributed by atoms with Gasteiger partial charge < -0.3 is 10.5 Å². The lowest BCUT2D eigenvalue weighted by Crippen LogP contribution is -2.14. The zero-order chi connectivity index (χ0) is 9.97. The Morgan fingerprint density at radius 2 is 2.36 bits per heavy atom. The summed E-state index contributed by atoms with van der Waals surface area (Å²) in [5.41, 5.74) is 6.66. The van der Waals surface area contributed by atoms with Crippen molar-refractivity contribution in [2.45, 2.75) is 13.3 Å². The minimum absolute atomic E-state index is 0.550. The van der Waals surface area contributed by atoms with Crippen molar-refractivity contribution in [1.29, 1.82) is 0 Å². The zero-order valence-electron chi connectivity index (χ0n) is 8.70. The van der Waals surface area contributed by atoms with Crippen molar-refractivity contribution in [2.24, 2.45) is 11.7 Å². The van der Waals surface area contributed by atoms with Gasteiger partial charge in [-0.15, -0.1) is 0 Å². The highest BCUT2D eigenvalue weighted by molar-refractivity contribution is 5.27. The number of ether oxygens (including phenoxy) is 1. The Hall–Kier alpha value is -0.960. The number of nitrogens with zero attached hydrogens (tertiary/aromatic N) is 1. The van der Waals surface area contributed by atoms with Crippen LogP contribution in [0.5, 0.6) is 0 Å². The van der Waals surface area contributed by atoms with Crippen molar-refractivity contribution < 1.29 is 4.74 Å². The van der Waals surface area contributed by atoms with Crippen LogP contribution in [0.15, 0.2) is 23.6 Å². The fourth-order valence-corrected chi connectivity index (χ4v) is 1.59. The van der Waals surface area contributed by atoms with Gasteiger partial charge in [-0.05, 0) is 18.4 Å². The molecule has 0 aromatic carbocycles. The molecule has 2 rings (SSSR count). The van der Waals surface area contributed by atoms with Crippen molar-refractivity contribution in [3.63, 3.8) is 0 Å². The fourth-order valence-electron chi connectivity index (χ4n) is 1.59. The van der Waals surface area contributed by atoms with E-state index in [2.05, 4.69) is 24.0 Å². The maximum atomic E-state index is 5.86. The molecule has 1 unspecified atom stereocenters. The SMILES string of the molecule is CC1C=C(N)C(OCCN2CC2)=CC1. The largest absolute Gasteiger partial charge is 0.490 e. The Kier molecular flexibility index (Phi) is 2.77. The van der Waals surface area contributed by atoms with Crippen molar-refractivity contribution in [1.82, 2.24) is 4.90 Å². The van der Waals surface area contributed by atoms with Gasteiger partial charge in [0.25, 0.3) is 0 Å². The Morgan fingerprint density at radius 3 is 3.00 bits per heavy atom. The van der Waals surface area contributed by atoms with Crippen LogP contribution in [-0.2, 0) is 4.74 Å². The first-order valence-electron chi connectivity index (χ1n) is 5.28. The smallest absolute Gasteiger partial charge is 0.137 e. The molecule has 1 saturated heterocycles. The van der Waals surface area contributed by atoms with E-state index in [0.29, 0.717) is 5.92 Å². The maximum Gasteiger partial charge on any atom is 0.137 e. The molecule has 1 aliphatic heterocycles. The van der Waals surface area contributed by atoms with E-state index < -0.39 is 0 Å². The van der Waals surface area contributed by atoms with Gasteiger partial charge in [0, 0.05) is 19.6 Å². The molecule has 1 aliphatic carbocycles. The summed E-state index contributed by atoms with van der Waals surface area (Å²) < 4.78 is 5.62. The van der Waals surface area contributed by atoms with E-state index in [1.807, 2.05) is 0 Å². The van der Waals surface area contributed by atoms with Crippen molar-refractivity contribution in [2.75, 3.05) is 26.2 Å². The summed E-state index contributed by atoms with van der Waals surface area (Å²) in [5.74, 6) is 1.43. The molecule has 0 amide bonds. The van der Waals surface area contributed by atoms with Crippen molar-refractivity contribution >= 4 is 0 Å². The summed E-state index contributed by atoms with van der Waals surface area (Å²) in [5, 5.41) is 0. The van der Waals surface area contributed by atoms with E-state index in [0.717, 1.165) is 31.0 Å². The molecule has 2 N–H and O–H groups in total. The molecular weight excluding hydrogens is 176 g/mol. The van der Waals surface area contributed by atoms with Gasteiger partial charge in [-0.25, -0.2) is 0 Å². The van der Waals surface area contributed by atoms with Crippen LogP contribution in [0.1, 0.15) is 13.3 Å². The third-order valence-corrected chi connectivity index (χ3v) is 2.63. The molecule has 0 aromatic rings. The number of rotatable bonds is 4. The predicted molar refractivity (Wildman–Crippen MR) is 56.5 cm³/mol. The molecule has 3 nitrogen and oxygen atoms in total. The molecule has 14 heavy (non-hydrogen) atoms. The molecular formula is C11H18N2O. The highest BCUT2D eigenvalue weighted by Crippen LogP contribution is 2.20. The zero-order valence-corrected chi connectivity index (χ0v) is 8.70. The molecule has 1 heterocycles. The molecule has 3 heteroatoms. The first-order chi connectivity index (χ1) is 6.75. The van der Waals surface area contributed by atoms with Crippen LogP contribution in [0.3, 0.4) is 0 Å². The lowest BCUT2D eigenvalue weighted by molar-refractivity contribution is 0.202. The summed E-state index contributed by atoms with van der Waals surface area (Å²) >= 11 is 0. The second-order valence-electron chi connectivity index (χ2n) is 4.09. The summed E-state index contributed by atoms with van der Waals surface area (Å²) in [7, 11) is 0. The number of nitrogens with two attached hydrogens (primary N) is 1. The first-order valence-corrected chi connectivity index (χ1v) is 5.28. The van der Waals surface area contributed by atoms with Crippen molar-refractivity contribution in [3.8, 4) is 0 Å². The van der Waals surface area contributed by atoms with Crippen LogP contribution in [0.2, 0.25) is 0 Å². The highest BCUT2D eigenvalue weighted by atomic mass is 16.5. The van der Waals surface area contributed by atoms with Crippen LogP contribution < -0.4 is 5.73 Å². The molecule has 78 valence electrons. The van der Waals surface area contributed by atoms with Crippen LogP contribution in [-0.4, -0.2) is 31.1 Å². The second kappa shape index (κ2) is 4.05. The summed E-state index contributed by atoms with van der Waals surface area (Å²) in [6.07, 6.45) is 5.22. The molecule has 1 atom stereocenters. The third-order valence-electron chi connectivity index (χ3n) is 2.63. The average molecular weight is 194 g/mol. The van der Waals surface area contributed by atoms with E-state index in [4.69, 9.17) is 10.5 Å².